The molecule has 12 nitrogen and oxygen atoms in total. The first-order chi connectivity index (χ1) is 33.4. The van der Waals surface area contributed by atoms with Crippen molar-refractivity contribution in [1.82, 2.24) is 24.3 Å². The van der Waals surface area contributed by atoms with E-state index in [1.165, 1.54) is 6.21 Å². The van der Waals surface area contributed by atoms with Gasteiger partial charge < -0.3 is 29.6 Å². The van der Waals surface area contributed by atoms with E-state index < -0.39 is 17.4 Å². The number of likely N-dealkylation sites (tertiary alicyclic amines) is 1. The fourth-order valence-corrected chi connectivity index (χ4v) is 9.68. The number of benzene rings is 3. The van der Waals surface area contributed by atoms with Crippen LogP contribution in [0.5, 0.6) is 0 Å². The largest absolute Gasteiger partial charge is 0.393 e. The van der Waals surface area contributed by atoms with Gasteiger partial charge in [0, 0.05) is 68.8 Å². The van der Waals surface area contributed by atoms with Gasteiger partial charge in [0.15, 0.2) is 0 Å². The average molecular weight is 934 g/mol. The van der Waals surface area contributed by atoms with Crippen LogP contribution < -0.4 is 10.8 Å². The van der Waals surface area contributed by atoms with Crippen molar-refractivity contribution in [2.24, 2.45) is 16.3 Å². The minimum absolute atomic E-state index is 0.0638. The number of hydrogen-bond acceptors (Lipinski definition) is 7. The third kappa shape index (κ3) is 13.8. The van der Waals surface area contributed by atoms with Crippen molar-refractivity contribution in [3.05, 3.63) is 108 Å². The first-order valence-corrected chi connectivity index (χ1v) is 25.2. The van der Waals surface area contributed by atoms with Gasteiger partial charge in [-0.05, 0) is 92.0 Å². The molecule has 4 N–H and O–H groups in total. The number of unbranched alkanes of at least 4 members (excludes halogenated alkanes) is 6. The number of carbonyl (C=O) groups excluding carboxylic acids is 3. The van der Waals surface area contributed by atoms with E-state index >= 15 is 0 Å². The van der Waals surface area contributed by atoms with Gasteiger partial charge in [0.25, 0.3) is 0 Å². The lowest BCUT2D eigenvalue weighted by Gasteiger charge is -2.30. The van der Waals surface area contributed by atoms with Crippen LogP contribution in [0.1, 0.15) is 134 Å². The Hall–Kier alpha value is -6.16. The number of aromatic nitrogens is 3. The molecule has 2 aromatic heterocycles. The molecule has 69 heavy (non-hydrogen) atoms. The molecule has 2 fully saturated rings. The zero-order chi connectivity index (χ0) is 48.8. The standard InChI is InChI=1S/C57H71N7O5/c1-57(2,3)48(56(69)62-35-33-47(66)39-62)37-60-50(68)28-17-6-4-5-16-27-49(67)59-34-18-8-7-11-20-41-21-19-22-42(36-41)38-63-53(44-25-14-10-15-26-44)51(43-23-12-9-13-24-43)52-54(58)64(40-61-55(52)63)45-29-31-46(65)32-30-45/h9-10,12-15,19,21-26,36-37,40,45-48,58,65-66H,4-8,16-18,27-35,38-39H2,1-3H3,(H,59,67)/t45?,46?,47-,48?/m1/s1. The molecule has 364 valence electrons. The molecule has 1 saturated heterocycles. The predicted octanol–water partition coefficient (Wildman–Crippen LogP) is 9.40. The molecular formula is C57H71N7O5. The molecule has 3 aromatic carbocycles. The predicted molar refractivity (Wildman–Crippen MR) is 273 cm³/mol. The Morgan fingerprint density at radius 1 is 0.841 bits per heavy atom. The molecule has 3 amide bonds. The van der Waals surface area contributed by atoms with Crippen molar-refractivity contribution in [1.29, 1.82) is 5.41 Å². The van der Waals surface area contributed by atoms with Crippen molar-refractivity contribution < 1.29 is 24.6 Å². The number of aliphatic hydroxyl groups is 2. The average Bonchev–Trinajstić information content (AvgIpc) is 3.93. The second-order valence-electron chi connectivity index (χ2n) is 20.0. The Balaban J connectivity index is 0.866. The monoisotopic (exact) mass is 934 g/mol. The van der Waals surface area contributed by atoms with E-state index in [0.29, 0.717) is 50.9 Å². The first kappa shape index (κ1) is 50.7. The molecule has 7 rings (SSSR count). The summed E-state index contributed by atoms with van der Waals surface area (Å²) in [6, 6.07) is 29.2. The molecule has 2 atom stereocenters. The molecular weight excluding hydrogens is 863 g/mol. The molecule has 1 saturated carbocycles. The zero-order valence-electron chi connectivity index (χ0n) is 40.8. The molecule has 3 heterocycles. The number of nitrogens with zero attached hydrogens (tertiary/aromatic N) is 5. The van der Waals surface area contributed by atoms with Gasteiger partial charge in [-0.1, -0.05) is 125 Å². The topological polar surface area (TPSA) is 166 Å². The number of amides is 3. The van der Waals surface area contributed by atoms with Crippen LogP contribution in [0.3, 0.4) is 0 Å². The van der Waals surface area contributed by atoms with Gasteiger partial charge in [-0.15, -0.1) is 0 Å². The second-order valence-corrected chi connectivity index (χ2v) is 20.0. The lowest BCUT2D eigenvalue weighted by Crippen LogP contribution is -2.41. The second kappa shape index (κ2) is 24.4. The van der Waals surface area contributed by atoms with Crippen molar-refractivity contribution in [3.8, 4) is 34.2 Å². The minimum Gasteiger partial charge on any atom is -0.393 e. The van der Waals surface area contributed by atoms with E-state index in [2.05, 4.69) is 75.2 Å². The highest BCUT2D eigenvalue weighted by molar-refractivity contribution is 6.03. The van der Waals surface area contributed by atoms with Gasteiger partial charge in [0.1, 0.15) is 11.1 Å². The van der Waals surface area contributed by atoms with E-state index in [4.69, 9.17) is 4.98 Å². The molecule has 1 aliphatic heterocycles. The van der Waals surface area contributed by atoms with Gasteiger partial charge in [-0.3, -0.25) is 19.8 Å². The Labute approximate surface area is 407 Å². The number of aliphatic hydroxyl groups excluding tert-OH is 2. The Morgan fingerprint density at radius 3 is 2.23 bits per heavy atom. The van der Waals surface area contributed by atoms with Gasteiger partial charge in [0.05, 0.1) is 35.5 Å². The summed E-state index contributed by atoms with van der Waals surface area (Å²) in [6.45, 7) is 7.90. The Kier molecular flexibility index (Phi) is 17.9. The molecule has 1 aliphatic carbocycles. The van der Waals surface area contributed by atoms with Crippen molar-refractivity contribution in [2.45, 2.75) is 142 Å². The van der Waals surface area contributed by atoms with Crippen LogP contribution in [0.25, 0.3) is 33.4 Å². The summed E-state index contributed by atoms with van der Waals surface area (Å²) in [4.78, 5) is 49.0. The van der Waals surface area contributed by atoms with Crippen LogP contribution >= 0.6 is 0 Å². The van der Waals surface area contributed by atoms with Crippen molar-refractivity contribution >= 4 is 35.0 Å². The fourth-order valence-electron chi connectivity index (χ4n) is 9.68. The van der Waals surface area contributed by atoms with Crippen LogP contribution in [-0.4, -0.2) is 85.0 Å². The van der Waals surface area contributed by atoms with E-state index in [1.807, 2.05) is 68.1 Å². The lowest BCUT2D eigenvalue weighted by atomic mass is 9.80. The zero-order valence-corrected chi connectivity index (χ0v) is 40.8. The van der Waals surface area contributed by atoms with E-state index in [9.17, 15) is 30.0 Å². The fraction of sp³-hybridized carbons (Fsp3) is 0.474. The number of hydrogen-bond donors (Lipinski definition) is 4. The van der Waals surface area contributed by atoms with Crippen LogP contribution in [0.4, 0.5) is 0 Å². The van der Waals surface area contributed by atoms with Gasteiger partial charge >= 0.3 is 0 Å². The minimum atomic E-state index is -0.521. The van der Waals surface area contributed by atoms with Crippen LogP contribution in [0.2, 0.25) is 0 Å². The maximum atomic E-state index is 13.1. The van der Waals surface area contributed by atoms with Crippen molar-refractivity contribution in [3.63, 3.8) is 0 Å². The SMILES string of the molecule is CC(C)(C)C(C=NC(=O)CCCCCCCC(=O)NCCCCC#Cc1cccc(Cn2c(-c3ccccc3)c(-c3ccccc3)c3c(=N)n(C4CCC(O)CC4)cnc32)c1)C(=O)N1CC[C@@H](O)C1. The summed E-state index contributed by atoms with van der Waals surface area (Å²) in [5.74, 6) is 5.94. The lowest BCUT2D eigenvalue weighted by molar-refractivity contribution is -0.135. The highest BCUT2D eigenvalue weighted by atomic mass is 16.3. The number of β-amino-alcohol motifs (C(OH)–C–C–N with tert-alkyl or cyclic N) is 1. The molecule has 0 bridgehead atoms. The summed E-state index contributed by atoms with van der Waals surface area (Å²) in [6.07, 6.45) is 13.8. The van der Waals surface area contributed by atoms with Gasteiger partial charge in [-0.25, -0.2) is 9.98 Å². The molecule has 2 aliphatic rings. The summed E-state index contributed by atoms with van der Waals surface area (Å²) in [5.41, 5.74) is 6.93. The Morgan fingerprint density at radius 2 is 1.54 bits per heavy atom. The summed E-state index contributed by atoms with van der Waals surface area (Å²) >= 11 is 0. The number of rotatable bonds is 19. The van der Waals surface area contributed by atoms with Gasteiger partial charge in [-0.2, -0.15) is 0 Å². The molecule has 0 radical (unpaired) electrons. The van der Waals surface area contributed by atoms with E-state index in [-0.39, 0.29) is 29.9 Å². The number of carbonyl (C=O) groups is 3. The summed E-state index contributed by atoms with van der Waals surface area (Å²) in [5, 5.41) is 33.6. The van der Waals surface area contributed by atoms with Crippen molar-refractivity contribution in [2.75, 3.05) is 19.6 Å². The summed E-state index contributed by atoms with van der Waals surface area (Å²) in [7, 11) is 0. The van der Waals surface area contributed by atoms with Gasteiger partial charge in [0.2, 0.25) is 17.7 Å². The maximum Gasteiger partial charge on any atom is 0.245 e. The summed E-state index contributed by atoms with van der Waals surface area (Å²) < 4.78 is 4.27. The third-order valence-electron chi connectivity index (χ3n) is 13.6. The number of nitrogens with one attached hydrogen (secondary N) is 2. The number of aliphatic imine (C=N–C) groups is 1. The smallest absolute Gasteiger partial charge is 0.245 e. The Bertz CT molecular complexity index is 2660. The van der Waals surface area contributed by atoms with Crippen LogP contribution in [0, 0.1) is 28.6 Å². The third-order valence-corrected chi connectivity index (χ3v) is 13.6. The highest BCUT2D eigenvalue weighted by Gasteiger charge is 2.36. The quantitative estimate of drug-likeness (QED) is 0.0366. The van der Waals surface area contributed by atoms with E-state index in [1.54, 1.807) is 4.90 Å². The van der Waals surface area contributed by atoms with Crippen LogP contribution in [-0.2, 0) is 20.9 Å². The molecule has 0 spiro atoms. The first-order valence-electron chi connectivity index (χ1n) is 25.2. The normalized spacial score (nSPS) is 17.8. The van der Waals surface area contributed by atoms with E-state index in [0.717, 1.165) is 122 Å². The highest BCUT2D eigenvalue weighted by Crippen LogP contribution is 2.40. The molecule has 5 aromatic rings. The molecule has 1 unspecified atom stereocenters. The van der Waals surface area contributed by atoms with Crippen LogP contribution in [0.15, 0.2) is 96.2 Å². The molecule has 12 heteroatoms. The number of fused-ring (bicyclic) bond motifs is 1. The maximum absolute atomic E-state index is 13.1.